The van der Waals surface area contributed by atoms with Gasteiger partial charge < -0.3 is 10.6 Å². The van der Waals surface area contributed by atoms with Crippen molar-refractivity contribution >= 4 is 11.7 Å². The minimum absolute atomic E-state index is 0.00311. The highest BCUT2D eigenvalue weighted by Crippen LogP contribution is 2.28. The summed E-state index contributed by atoms with van der Waals surface area (Å²) in [6.45, 7) is 9.45. The highest BCUT2D eigenvalue weighted by molar-refractivity contribution is 5.88. The molecule has 4 nitrogen and oxygen atoms in total. The molecule has 136 valence electrons. The summed E-state index contributed by atoms with van der Waals surface area (Å²) in [7, 11) is 0. The minimum atomic E-state index is -0.459. The van der Waals surface area contributed by atoms with Gasteiger partial charge in [0.05, 0.1) is 6.04 Å². The van der Waals surface area contributed by atoms with E-state index in [1.54, 1.807) is 13.0 Å². The third kappa shape index (κ3) is 5.82. The fourth-order valence-electron chi connectivity index (χ4n) is 3.25. The highest BCUT2D eigenvalue weighted by atomic mass is 16.2. The average Bonchev–Trinajstić information content (AvgIpc) is 2.94. The van der Waals surface area contributed by atoms with Gasteiger partial charge in [0.1, 0.15) is 5.78 Å². The molecule has 0 bridgehead atoms. The first-order chi connectivity index (χ1) is 11.7. The van der Waals surface area contributed by atoms with E-state index in [9.17, 15) is 9.59 Å². The molecule has 25 heavy (non-hydrogen) atoms. The Kier molecular flexibility index (Phi) is 6.17. The minimum Gasteiger partial charge on any atom is -0.330 e. The number of benzene rings is 1. The van der Waals surface area contributed by atoms with Crippen LogP contribution in [0.25, 0.3) is 0 Å². The van der Waals surface area contributed by atoms with Gasteiger partial charge in [0.2, 0.25) is 5.91 Å². The first-order valence-electron chi connectivity index (χ1n) is 8.98. The van der Waals surface area contributed by atoms with Crippen LogP contribution in [0.2, 0.25) is 0 Å². The molecule has 0 spiro atoms. The molecule has 0 saturated heterocycles. The molecule has 0 fully saturated rings. The van der Waals surface area contributed by atoms with E-state index < -0.39 is 6.04 Å². The molecule has 2 atom stereocenters. The van der Waals surface area contributed by atoms with Gasteiger partial charge in [0.25, 0.3) is 0 Å². The molecule has 2 rings (SSSR count). The van der Waals surface area contributed by atoms with E-state index >= 15 is 0 Å². The van der Waals surface area contributed by atoms with E-state index in [2.05, 4.69) is 32.9 Å². The molecule has 1 aromatic carbocycles. The van der Waals surface area contributed by atoms with Crippen LogP contribution in [0, 0.1) is 11.3 Å². The smallest absolute Gasteiger partial charge is 0.246 e. The van der Waals surface area contributed by atoms with Gasteiger partial charge >= 0.3 is 0 Å². The van der Waals surface area contributed by atoms with Crippen molar-refractivity contribution in [3.05, 3.63) is 47.5 Å². The summed E-state index contributed by atoms with van der Waals surface area (Å²) in [5.41, 5.74) is 8.21. The predicted octanol–water partition coefficient (Wildman–Crippen LogP) is 3.44. The van der Waals surface area contributed by atoms with Crippen molar-refractivity contribution in [1.82, 2.24) is 4.90 Å². The number of allylic oxidation sites excluding steroid dienone is 1. The van der Waals surface area contributed by atoms with Gasteiger partial charge in [-0.3, -0.25) is 9.59 Å². The van der Waals surface area contributed by atoms with Gasteiger partial charge in [-0.25, -0.2) is 0 Å². The molecule has 1 heterocycles. The Balaban J connectivity index is 2.02. The van der Waals surface area contributed by atoms with Gasteiger partial charge in [-0.1, -0.05) is 51.1 Å². The van der Waals surface area contributed by atoms with Gasteiger partial charge in [-0.05, 0) is 41.9 Å². The van der Waals surface area contributed by atoms with Crippen LogP contribution in [0.1, 0.15) is 51.7 Å². The third-order valence-electron chi connectivity index (χ3n) is 4.51. The summed E-state index contributed by atoms with van der Waals surface area (Å²) < 4.78 is 0. The largest absolute Gasteiger partial charge is 0.330 e. The van der Waals surface area contributed by atoms with E-state index in [0.717, 1.165) is 6.42 Å². The Labute approximate surface area is 151 Å². The monoisotopic (exact) mass is 342 g/mol. The number of Topliss-reactive ketones (excluding diaryl/α,β-unsaturated/α-hetero) is 1. The van der Waals surface area contributed by atoms with Gasteiger partial charge in [-0.15, -0.1) is 0 Å². The molecular weight excluding hydrogens is 312 g/mol. The van der Waals surface area contributed by atoms with Crippen LogP contribution >= 0.6 is 0 Å². The van der Waals surface area contributed by atoms with E-state index in [1.165, 1.54) is 11.1 Å². The first kappa shape index (κ1) is 19.4. The fourth-order valence-corrected chi connectivity index (χ4v) is 3.25. The molecule has 0 unspecified atom stereocenters. The lowest BCUT2D eigenvalue weighted by molar-refractivity contribution is -0.126. The standard InChI is InChI=1S/C21H30N2O2/c1-15(22)19(24)11-16(12-21(2,3)4)9-10-20(25)23-13-17-7-5-6-8-18(17)14-23/h5-10,15-16H,11-14,22H2,1-4H3/b10-9+/t15-,16-/m0/s1. The number of nitrogens with zero attached hydrogens (tertiary/aromatic N) is 1. The Hall–Kier alpha value is -1.94. The second-order valence-corrected chi connectivity index (χ2v) is 8.31. The second-order valence-electron chi connectivity index (χ2n) is 8.31. The molecule has 1 aliphatic rings. The van der Waals surface area contributed by atoms with Crippen molar-refractivity contribution in [2.24, 2.45) is 17.1 Å². The Morgan fingerprint density at radius 1 is 1.20 bits per heavy atom. The summed E-state index contributed by atoms with van der Waals surface area (Å²) in [4.78, 5) is 26.4. The number of carbonyl (C=O) groups excluding carboxylic acids is 2. The molecule has 0 aromatic heterocycles. The van der Waals surface area contributed by atoms with E-state index in [4.69, 9.17) is 5.73 Å². The average molecular weight is 342 g/mol. The zero-order chi connectivity index (χ0) is 18.6. The number of hydrogen-bond donors (Lipinski definition) is 1. The van der Waals surface area contributed by atoms with E-state index in [0.29, 0.717) is 19.5 Å². The zero-order valence-corrected chi connectivity index (χ0v) is 15.8. The Morgan fingerprint density at radius 2 is 1.76 bits per heavy atom. The summed E-state index contributed by atoms with van der Waals surface area (Å²) >= 11 is 0. The summed E-state index contributed by atoms with van der Waals surface area (Å²) in [5, 5.41) is 0. The quantitative estimate of drug-likeness (QED) is 0.806. The number of hydrogen-bond acceptors (Lipinski definition) is 3. The highest BCUT2D eigenvalue weighted by Gasteiger charge is 2.23. The van der Waals surface area contributed by atoms with Crippen molar-refractivity contribution in [1.29, 1.82) is 0 Å². The van der Waals surface area contributed by atoms with Crippen LogP contribution in [0.3, 0.4) is 0 Å². The second kappa shape index (κ2) is 7.96. The van der Waals surface area contributed by atoms with Crippen LogP contribution in [0.15, 0.2) is 36.4 Å². The van der Waals surface area contributed by atoms with Crippen LogP contribution in [-0.2, 0) is 22.7 Å². The van der Waals surface area contributed by atoms with E-state index in [1.807, 2.05) is 23.1 Å². The maximum Gasteiger partial charge on any atom is 0.246 e. The van der Waals surface area contributed by atoms with Crippen LogP contribution in [-0.4, -0.2) is 22.6 Å². The van der Waals surface area contributed by atoms with Crippen molar-refractivity contribution < 1.29 is 9.59 Å². The lowest BCUT2D eigenvalue weighted by atomic mass is 9.82. The summed E-state index contributed by atoms with van der Waals surface area (Å²) in [6, 6.07) is 7.68. The molecule has 1 aliphatic heterocycles. The third-order valence-corrected chi connectivity index (χ3v) is 4.51. The van der Waals surface area contributed by atoms with E-state index in [-0.39, 0.29) is 23.0 Å². The fraction of sp³-hybridized carbons (Fsp3) is 0.524. The maximum absolute atomic E-state index is 12.5. The SMILES string of the molecule is C[C@H](N)C(=O)C[C@H](/C=C/C(=O)N1Cc2ccccc2C1)CC(C)(C)C. The van der Waals surface area contributed by atoms with Crippen molar-refractivity contribution in [2.45, 2.75) is 59.7 Å². The number of nitrogens with two attached hydrogens (primary N) is 1. The van der Waals surface area contributed by atoms with Crippen molar-refractivity contribution in [3.8, 4) is 0 Å². The van der Waals surface area contributed by atoms with Crippen molar-refractivity contribution in [2.75, 3.05) is 0 Å². The molecule has 0 saturated carbocycles. The molecule has 1 aromatic rings. The molecule has 0 aliphatic carbocycles. The zero-order valence-electron chi connectivity index (χ0n) is 15.8. The lowest BCUT2D eigenvalue weighted by Crippen LogP contribution is -2.29. The Bertz CT molecular complexity index is 631. The molecular formula is C21H30N2O2. The van der Waals surface area contributed by atoms with Gasteiger partial charge in [0, 0.05) is 19.5 Å². The number of carbonyl (C=O) groups is 2. The number of amides is 1. The number of ketones is 1. The molecule has 1 amide bonds. The Morgan fingerprint density at radius 3 is 2.24 bits per heavy atom. The summed E-state index contributed by atoms with van der Waals surface area (Å²) in [6.07, 6.45) is 4.77. The lowest BCUT2D eigenvalue weighted by Gasteiger charge is -2.24. The molecule has 4 heteroatoms. The number of fused-ring (bicyclic) bond motifs is 1. The topological polar surface area (TPSA) is 63.4 Å². The van der Waals surface area contributed by atoms with Gasteiger partial charge in [-0.2, -0.15) is 0 Å². The maximum atomic E-state index is 12.5. The number of rotatable bonds is 6. The van der Waals surface area contributed by atoms with Crippen LogP contribution in [0.5, 0.6) is 0 Å². The predicted molar refractivity (Wildman–Crippen MR) is 101 cm³/mol. The van der Waals surface area contributed by atoms with Gasteiger partial charge in [0.15, 0.2) is 0 Å². The summed E-state index contributed by atoms with van der Waals surface area (Å²) in [5.74, 6) is 0.0794. The molecule has 2 N–H and O–H groups in total. The molecule has 0 radical (unpaired) electrons. The first-order valence-corrected chi connectivity index (χ1v) is 8.98. The van der Waals surface area contributed by atoms with Crippen LogP contribution < -0.4 is 5.73 Å². The normalized spacial score (nSPS) is 16.8. The van der Waals surface area contributed by atoms with Crippen LogP contribution in [0.4, 0.5) is 0 Å². The van der Waals surface area contributed by atoms with Crippen molar-refractivity contribution in [3.63, 3.8) is 0 Å².